The highest BCUT2D eigenvalue weighted by Gasteiger charge is 2.37. The fourth-order valence-corrected chi connectivity index (χ4v) is 7.24. The summed E-state index contributed by atoms with van der Waals surface area (Å²) < 4.78 is 17.1. The number of hydrogen-bond donors (Lipinski definition) is 0. The first-order valence-corrected chi connectivity index (χ1v) is 16.6. The highest BCUT2D eigenvalue weighted by Crippen LogP contribution is 2.44. The molecule has 0 radical (unpaired) electrons. The Morgan fingerprint density at radius 3 is 2.43 bits per heavy atom. The summed E-state index contributed by atoms with van der Waals surface area (Å²) >= 11 is 6.27. The van der Waals surface area contributed by atoms with Crippen LogP contribution in [0.25, 0.3) is 0 Å². The molecule has 0 bridgehead atoms. The zero-order chi connectivity index (χ0) is 32.4. The molecule has 2 fully saturated rings. The first-order valence-electron chi connectivity index (χ1n) is 16.2. The molecule has 0 spiro atoms. The van der Waals surface area contributed by atoms with E-state index < -0.39 is 6.04 Å². The predicted molar refractivity (Wildman–Crippen MR) is 179 cm³/mol. The summed E-state index contributed by atoms with van der Waals surface area (Å²) in [7, 11) is 3.69. The second kappa shape index (κ2) is 13.9. The highest BCUT2D eigenvalue weighted by molar-refractivity contribution is 6.30. The van der Waals surface area contributed by atoms with Gasteiger partial charge in [0.25, 0.3) is 0 Å². The Bertz CT molecular complexity index is 1540. The number of nitrogens with zero attached hydrogens (tertiary/aromatic N) is 4. The van der Waals surface area contributed by atoms with Crippen molar-refractivity contribution < 1.29 is 23.8 Å². The van der Waals surface area contributed by atoms with Gasteiger partial charge >= 0.3 is 0 Å². The Hall–Kier alpha value is -3.82. The molecule has 1 aliphatic carbocycles. The van der Waals surface area contributed by atoms with Gasteiger partial charge in [0.2, 0.25) is 11.8 Å². The number of morpholine rings is 1. The van der Waals surface area contributed by atoms with Gasteiger partial charge in [-0.2, -0.15) is 0 Å². The lowest BCUT2D eigenvalue weighted by Crippen LogP contribution is -2.49. The van der Waals surface area contributed by atoms with Crippen LogP contribution in [-0.2, 0) is 20.7 Å². The maximum atomic E-state index is 13.9. The van der Waals surface area contributed by atoms with Gasteiger partial charge in [0.1, 0.15) is 12.4 Å². The van der Waals surface area contributed by atoms with Crippen LogP contribution >= 0.6 is 11.6 Å². The Morgan fingerprint density at radius 1 is 1.02 bits per heavy atom. The van der Waals surface area contributed by atoms with E-state index in [1.807, 2.05) is 72.2 Å². The predicted octanol–water partition coefficient (Wildman–Crippen LogP) is 6.06. The van der Waals surface area contributed by atoms with E-state index in [0.717, 1.165) is 60.4 Å². The number of rotatable bonds is 9. The molecule has 10 heteroatoms. The van der Waals surface area contributed by atoms with Gasteiger partial charge in [0, 0.05) is 31.2 Å². The number of hydrogen-bond acceptors (Lipinski definition) is 7. The molecule has 0 N–H and O–H groups in total. The van der Waals surface area contributed by atoms with Crippen molar-refractivity contribution in [2.45, 2.75) is 64.1 Å². The Kier molecular flexibility index (Phi) is 9.70. The topological polar surface area (TPSA) is 84.4 Å². The van der Waals surface area contributed by atoms with Crippen molar-refractivity contribution in [3.63, 3.8) is 0 Å². The Balaban J connectivity index is 1.21. The van der Waals surface area contributed by atoms with Gasteiger partial charge < -0.3 is 24.0 Å². The first-order chi connectivity index (χ1) is 22.2. The van der Waals surface area contributed by atoms with E-state index in [1.54, 1.807) is 13.3 Å². The van der Waals surface area contributed by atoms with Gasteiger partial charge in [-0.15, -0.1) is 0 Å². The molecule has 3 aromatic rings. The van der Waals surface area contributed by atoms with Crippen molar-refractivity contribution in [3.8, 4) is 11.5 Å². The fraction of sp³-hybridized carbons (Fsp3) is 0.472. The molecule has 244 valence electrons. The number of aromatic nitrogens is 1. The summed E-state index contributed by atoms with van der Waals surface area (Å²) in [5.74, 6) is 2.75. The molecule has 2 amide bonds. The zero-order valence-corrected chi connectivity index (χ0v) is 27.8. The maximum absolute atomic E-state index is 13.9. The van der Waals surface area contributed by atoms with Crippen molar-refractivity contribution in [3.05, 3.63) is 76.4 Å². The van der Waals surface area contributed by atoms with E-state index >= 15 is 0 Å². The van der Waals surface area contributed by atoms with Crippen LogP contribution in [0.4, 0.5) is 11.5 Å². The lowest BCUT2D eigenvalue weighted by atomic mass is 9.85. The molecule has 1 saturated carbocycles. The zero-order valence-electron chi connectivity index (χ0n) is 27.1. The minimum absolute atomic E-state index is 0.0227. The second-order valence-electron chi connectivity index (χ2n) is 12.8. The minimum Gasteiger partial charge on any atom is -0.493 e. The van der Waals surface area contributed by atoms with E-state index in [0.29, 0.717) is 41.6 Å². The molecular formula is C36H43ClN4O5. The smallest absolute Gasteiger partial charge is 0.248 e. The van der Waals surface area contributed by atoms with Crippen molar-refractivity contribution in [2.24, 2.45) is 5.92 Å². The summed E-state index contributed by atoms with van der Waals surface area (Å²) in [5.41, 5.74) is 3.56. The molecule has 1 atom stereocenters. The normalized spacial score (nSPS) is 21.7. The van der Waals surface area contributed by atoms with Crippen LogP contribution in [0.3, 0.4) is 0 Å². The monoisotopic (exact) mass is 646 g/mol. The van der Waals surface area contributed by atoms with Crippen LogP contribution in [0, 0.1) is 5.92 Å². The van der Waals surface area contributed by atoms with Gasteiger partial charge in [0.15, 0.2) is 11.5 Å². The molecule has 0 unspecified atom stereocenters. The quantitative estimate of drug-likeness (QED) is 0.279. The number of carbonyl (C=O) groups is 2. The summed E-state index contributed by atoms with van der Waals surface area (Å²) in [5, 5.41) is 0.633. The number of fused-ring (bicyclic) bond motifs is 1. The maximum Gasteiger partial charge on any atom is 0.248 e. The first kappa shape index (κ1) is 32.1. The molecule has 1 saturated heterocycles. The number of pyridine rings is 1. The average molecular weight is 647 g/mol. The second-order valence-corrected chi connectivity index (χ2v) is 13.3. The van der Waals surface area contributed by atoms with Crippen molar-refractivity contribution in [2.75, 3.05) is 50.3 Å². The van der Waals surface area contributed by atoms with Crippen LogP contribution in [-0.4, -0.2) is 74.3 Å². The van der Waals surface area contributed by atoms with Crippen LogP contribution in [0.1, 0.15) is 62.3 Å². The molecule has 3 aliphatic rings. The molecule has 6 rings (SSSR count). The third kappa shape index (κ3) is 6.81. The number of halogens is 1. The lowest BCUT2D eigenvalue weighted by molar-refractivity contribution is -0.146. The molecule has 46 heavy (non-hydrogen) atoms. The number of amides is 2. The summed E-state index contributed by atoms with van der Waals surface area (Å²) in [4.78, 5) is 37.1. The largest absolute Gasteiger partial charge is 0.493 e. The van der Waals surface area contributed by atoms with Crippen molar-refractivity contribution in [1.29, 1.82) is 0 Å². The minimum atomic E-state index is -0.396. The van der Waals surface area contributed by atoms with Crippen LogP contribution in [0.15, 0.2) is 54.7 Å². The number of methoxy groups -OCH3 is 1. The lowest BCUT2D eigenvalue weighted by Gasteiger charge is -2.39. The van der Waals surface area contributed by atoms with Gasteiger partial charge in [-0.05, 0) is 98.5 Å². The molecule has 3 heterocycles. The van der Waals surface area contributed by atoms with Gasteiger partial charge in [-0.1, -0.05) is 23.7 Å². The molecule has 9 nitrogen and oxygen atoms in total. The Labute approximate surface area is 276 Å². The van der Waals surface area contributed by atoms with Crippen LogP contribution in [0.5, 0.6) is 11.5 Å². The van der Waals surface area contributed by atoms with E-state index in [-0.39, 0.29) is 30.9 Å². The van der Waals surface area contributed by atoms with Crippen LogP contribution < -0.4 is 19.3 Å². The number of ether oxygens (including phenoxy) is 3. The summed E-state index contributed by atoms with van der Waals surface area (Å²) in [6, 6.07) is 15.5. The van der Waals surface area contributed by atoms with Gasteiger partial charge in [0.05, 0.1) is 44.2 Å². The van der Waals surface area contributed by atoms with E-state index in [4.69, 9.17) is 30.8 Å². The molecule has 1 aromatic heterocycles. The molecule has 2 aliphatic heterocycles. The number of carbonyl (C=O) groups excluding carboxylic acids is 2. The SMILES string of the molecule is COc1cc2c(cc1OC(C)C)[C@H](c1ccc(Cl)cc1)N(c1ccc(N(C)C[C@H]3CC[C@H](N4CCOCC4=O)CC3)nc1)C(=O)C2. The van der Waals surface area contributed by atoms with E-state index in [9.17, 15) is 9.59 Å². The third-order valence-electron chi connectivity index (χ3n) is 9.35. The summed E-state index contributed by atoms with van der Waals surface area (Å²) in [6.07, 6.45) is 6.20. The average Bonchev–Trinajstić information content (AvgIpc) is 3.05. The highest BCUT2D eigenvalue weighted by atomic mass is 35.5. The van der Waals surface area contributed by atoms with E-state index in [2.05, 4.69) is 11.9 Å². The number of anilines is 2. The Morgan fingerprint density at radius 2 is 1.78 bits per heavy atom. The number of benzene rings is 2. The van der Waals surface area contributed by atoms with Crippen molar-refractivity contribution in [1.82, 2.24) is 9.88 Å². The molecular weight excluding hydrogens is 604 g/mol. The standard InChI is InChI=1S/C36H43ClN4O5/c1-23(2)46-32-19-30-26(17-31(32)44-4)18-34(42)41(36(30)25-7-9-27(37)10-8-25)29-13-14-33(38-20-29)39(3)21-24-5-11-28(12-6-24)40-15-16-45-22-35(40)43/h7-10,13-14,17,19-20,23-24,28,36H,5-6,11-12,15-16,18,21-22H2,1-4H3/t24-,28-,36-/m0/s1. The van der Waals surface area contributed by atoms with Gasteiger partial charge in [-0.3, -0.25) is 14.5 Å². The fourth-order valence-electron chi connectivity index (χ4n) is 7.11. The van der Waals surface area contributed by atoms with E-state index in [1.165, 1.54) is 0 Å². The summed E-state index contributed by atoms with van der Waals surface area (Å²) in [6.45, 7) is 6.40. The molecule has 2 aromatic carbocycles. The van der Waals surface area contributed by atoms with Crippen molar-refractivity contribution >= 4 is 34.9 Å². The third-order valence-corrected chi connectivity index (χ3v) is 9.60. The van der Waals surface area contributed by atoms with Crippen LogP contribution in [0.2, 0.25) is 5.02 Å². The van der Waals surface area contributed by atoms with Gasteiger partial charge in [-0.25, -0.2) is 4.98 Å².